The summed E-state index contributed by atoms with van der Waals surface area (Å²) >= 11 is 0. The molecule has 0 amide bonds. The molecule has 0 fully saturated rings. The van der Waals surface area contributed by atoms with Crippen molar-refractivity contribution in [3.63, 3.8) is 0 Å². The smallest absolute Gasteiger partial charge is 0.408 e. The largest absolute Gasteiger partial charge is 0.417 e. The highest BCUT2D eigenvalue weighted by Gasteiger charge is 2.10. The van der Waals surface area contributed by atoms with Crippen LogP contribution in [0.5, 0.6) is 0 Å². The summed E-state index contributed by atoms with van der Waals surface area (Å²) in [5, 5.41) is 3.30. The number of rotatable bonds is 3. The van der Waals surface area contributed by atoms with Gasteiger partial charge in [-0.1, -0.05) is 6.07 Å². The lowest BCUT2D eigenvalue weighted by Gasteiger charge is -2.16. The molecule has 0 spiro atoms. The molecule has 0 saturated carbocycles. The Morgan fingerprint density at radius 3 is 3.05 bits per heavy atom. The fourth-order valence-corrected chi connectivity index (χ4v) is 2.09. The fraction of sp³-hybridized carbons (Fsp3) is 0.143. The van der Waals surface area contributed by atoms with Crippen molar-refractivity contribution in [3.8, 4) is 0 Å². The van der Waals surface area contributed by atoms with Crippen LogP contribution in [0.3, 0.4) is 0 Å². The number of fused-ring (bicyclic) bond motifs is 1. The van der Waals surface area contributed by atoms with Crippen molar-refractivity contribution in [3.05, 3.63) is 52.8 Å². The molecule has 0 bridgehead atoms. The summed E-state index contributed by atoms with van der Waals surface area (Å²) in [6, 6.07) is 7.31. The maximum atomic E-state index is 11.2. The summed E-state index contributed by atoms with van der Waals surface area (Å²) in [7, 11) is 0. The zero-order valence-corrected chi connectivity index (χ0v) is 10.9. The summed E-state index contributed by atoms with van der Waals surface area (Å²) in [6.07, 6.45) is 3.53. The van der Waals surface area contributed by atoms with Crippen LogP contribution in [0.4, 0.5) is 11.4 Å². The average Bonchev–Trinajstić information content (AvgIpc) is 2.79. The van der Waals surface area contributed by atoms with Crippen molar-refractivity contribution in [1.82, 2.24) is 9.97 Å². The predicted molar refractivity (Wildman–Crippen MR) is 77.5 cm³/mol. The molecule has 3 rings (SSSR count). The van der Waals surface area contributed by atoms with Gasteiger partial charge < -0.3 is 15.5 Å². The molecule has 3 aromatic rings. The summed E-state index contributed by atoms with van der Waals surface area (Å²) in [5.74, 6) is -0.489. The standard InChI is InChI=1S/C14H14N4O2/c1-8(9-3-2-4-16-7-9)17-11-6-12-13(5-10(11)15)20-14(19)18-12/h2-8,17H,15H2,1H3,(H,18,19). The Balaban J connectivity index is 1.94. The number of hydrogen-bond donors (Lipinski definition) is 3. The van der Waals surface area contributed by atoms with Crippen molar-refractivity contribution in [2.75, 3.05) is 11.1 Å². The fourth-order valence-electron chi connectivity index (χ4n) is 2.09. The van der Waals surface area contributed by atoms with E-state index in [1.807, 2.05) is 19.1 Å². The van der Waals surface area contributed by atoms with Gasteiger partial charge in [-0.05, 0) is 24.6 Å². The Morgan fingerprint density at radius 1 is 1.45 bits per heavy atom. The summed E-state index contributed by atoms with van der Waals surface area (Å²) in [5.41, 5.74) is 9.35. The first-order valence-electron chi connectivity index (χ1n) is 6.22. The van der Waals surface area contributed by atoms with Gasteiger partial charge in [0.15, 0.2) is 5.58 Å². The quantitative estimate of drug-likeness (QED) is 0.634. The van der Waals surface area contributed by atoms with Gasteiger partial charge in [-0.2, -0.15) is 0 Å². The van der Waals surface area contributed by atoms with Crippen LogP contribution in [0.2, 0.25) is 0 Å². The molecule has 0 radical (unpaired) electrons. The van der Waals surface area contributed by atoms with E-state index in [9.17, 15) is 4.79 Å². The maximum Gasteiger partial charge on any atom is 0.417 e. The van der Waals surface area contributed by atoms with Crippen LogP contribution in [0, 0.1) is 0 Å². The molecule has 6 nitrogen and oxygen atoms in total. The zero-order valence-electron chi connectivity index (χ0n) is 10.9. The van der Waals surface area contributed by atoms with E-state index in [-0.39, 0.29) is 6.04 Å². The summed E-state index contributed by atoms with van der Waals surface area (Å²) in [4.78, 5) is 17.9. The molecule has 0 aliphatic heterocycles. The number of benzene rings is 1. The molecule has 102 valence electrons. The third kappa shape index (κ3) is 2.23. The van der Waals surface area contributed by atoms with Crippen LogP contribution in [0.15, 0.2) is 45.9 Å². The van der Waals surface area contributed by atoms with Gasteiger partial charge in [0.1, 0.15) is 0 Å². The first-order valence-corrected chi connectivity index (χ1v) is 6.22. The number of pyridine rings is 1. The van der Waals surface area contributed by atoms with Crippen molar-refractivity contribution < 1.29 is 4.42 Å². The van der Waals surface area contributed by atoms with Gasteiger partial charge in [-0.25, -0.2) is 4.79 Å². The predicted octanol–water partition coefficient (Wildman–Crippen LogP) is 2.27. The van der Waals surface area contributed by atoms with Gasteiger partial charge >= 0.3 is 5.76 Å². The molecule has 2 aromatic heterocycles. The Morgan fingerprint density at radius 2 is 2.30 bits per heavy atom. The molecule has 0 aliphatic rings. The summed E-state index contributed by atoms with van der Waals surface area (Å²) in [6.45, 7) is 2.01. The van der Waals surface area contributed by atoms with Gasteiger partial charge in [-0.3, -0.25) is 9.97 Å². The third-order valence-electron chi connectivity index (χ3n) is 3.15. The van der Waals surface area contributed by atoms with Crippen LogP contribution in [-0.2, 0) is 0 Å². The number of H-pyrrole nitrogens is 1. The Hall–Kier alpha value is -2.76. The molecule has 2 heterocycles. The number of nitrogens with zero attached hydrogens (tertiary/aromatic N) is 1. The maximum absolute atomic E-state index is 11.2. The minimum atomic E-state index is -0.489. The Kier molecular flexibility index (Phi) is 2.90. The normalized spacial score (nSPS) is 12.4. The zero-order chi connectivity index (χ0) is 14.1. The van der Waals surface area contributed by atoms with Crippen molar-refractivity contribution >= 4 is 22.5 Å². The molecule has 1 atom stereocenters. The number of nitrogens with one attached hydrogen (secondary N) is 2. The topological polar surface area (TPSA) is 96.9 Å². The molecule has 20 heavy (non-hydrogen) atoms. The second-order valence-electron chi connectivity index (χ2n) is 4.60. The van der Waals surface area contributed by atoms with E-state index in [0.29, 0.717) is 16.8 Å². The average molecular weight is 270 g/mol. The SMILES string of the molecule is CC(Nc1cc2[nH]c(=O)oc2cc1N)c1cccnc1. The highest BCUT2D eigenvalue weighted by Crippen LogP contribution is 2.27. The number of nitrogen functional groups attached to an aromatic ring is 1. The molecule has 1 unspecified atom stereocenters. The molecule has 4 N–H and O–H groups in total. The molecule has 1 aromatic carbocycles. The number of anilines is 2. The molecule has 0 aliphatic carbocycles. The first kappa shape index (κ1) is 12.3. The van der Waals surface area contributed by atoms with Crippen molar-refractivity contribution in [1.29, 1.82) is 0 Å². The van der Waals surface area contributed by atoms with Crippen LogP contribution in [-0.4, -0.2) is 9.97 Å². The lowest BCUT2D eigenvalue weighted by atomic mass is 10.1. The van der Waals surface area contributed by atoms with Crippen LogP contribution in [0.25, 0.3) is 11.1 Å². The van der Waals surface area contributed by atoms with Gasteiger partial charge in [-0.15, -0.1) is 0 Å². The highest BCUT2D eigenvalue weighted by molar-refractivity contribution is 5.85. The van der Waals surface area contributed by atoms with E-state index in [4.69, 9.17) is 10.2 Å². The summed E-state index contributed by atoms with van der Waals surface area (Å²) < 4.78 is 4.96. The number of nitrogens with two attached hydrogens (primary N) is 1. The van der Waals surface area contributed by atoms with Gasteiger partial charge in [0.25, 0.3) is 0 Å². The van der Waals surface area contributed by atoms with Crippen molar-refractivity contribution in [2.24, 2.45) is 0 Å². The number of aromatic nitrogens is 2. The highest BCUT2D eigenvalue weighted by atomic mass is 16.4. The van der Waals surface area contributed by atoms with Crippen LogP contribution in [0.1, 0.15) is 18.5 Å². The van der Waals surface area contributed by atoms with Crippen LogP contribution >= 0.6 is 0 Å². The number of aromatic amines is 1. The second kappa shape index (κ2) is 4.73. The second-order valence-corrected chi connectivity index (χ2v) is 4.60. The lowest BCUT2D eigenvalue weighted by Crippen LogP contribution is -2.08. The van der Waals surface area contributed by atoms with E-state index in [2.05, 4.69) is 15.3 Å². The lowest BCUT2D eigenvalue weighted by molar-refractivity contribution is 0.555. The molecule has 0 saturated heterocycles. The first-order chi connectivity index (χ1) is 9.63. The minimum absolute atomic E-state index is 0.0436. The van der Waals surface area contributed by atoms with E-state index in [1.165, 1.54) is 0 Å². The van der Waals surface area contributed by atoms with E-state index >= 15 is 0 Å². The number of oxazole rings is 1. The Bertz CT molecular complexity index is 792. The minimum Gasteiger partial charge on any atom is -0.408 e. The third-order valence-corrected chi connectivity index (χ3v) is 3.15. The van der Waals surface area contributed by atoms with Gasteiger partial charge in [0.05, 0.1) is 22.9 Å². The molecule has 6 heteroatoms. The van der Waals surface area contributed by atoms with Gasteiger partial charge in [0, 0.05) is 18.5 Å². The van der Waals surface area contributed by atoms with Gasteiger partial charge in [0.2, 0.25) is 0 Å². The molecular weight excluding hydrogens is 256 g/mol. The monoisotopic (exact) mass is 270 g/mol. The van der Waals surface area contributed by atoms with Crippen LogP contribution < -0.4 is 16.8 Å². The van der Waals surface area contributed by atoms with E-state index < -0.39 is 5.76 Å². The Labute approximate surface area is 114 Å². The number of hydrogen-bond acceptors (Lipinski definition) is 5. The van der Waals surface area contributed by atoms with E-state index in [1.54, 1.807) is 24.5 Å². The van der Waals surface area contributed by atoms with E-state index in [0.717, 1.165) is 11.3 Å². The molecular formula is C14H14N4O2. The van der Waals surface area contributed by atoms with Crippen molar-refractivity contribution in [2.45, 2.75) is 13.0 Å².